The first-order chi connectivity index (χ1) is 15.8. The molecule has 172 valence electrons. The lowest BCUT2D eigenvalue weighted by Gasteiger charge is -2.12. The number of nitrogens with zero attached hydrogens (tertiary/aromatic N) is 3. The van der Waals surface area contributed by atoms with E-state index in [1.54, 1.807) is 19.1 Å². The molecule has 0 radical (unpaired) electrons. The van der Waals surface area contributed by atoms with Crippen LogP contribution < -0.4 is 10.1 Å². The normalized spacial score (nSPS) is 11.2. The zero-order chi connectivity index (χ0) is 23.7. The minimum atomic E-state index is -1.05. The van der Waals surface area contributed by atoms with E-state index in [9.17, 15) is 14.3 Å². The number of ether oxygens (including phenoxy) is 1. The van der Waals surface area contributed by atoms with Gasteiger partial charge in [0.15, 0.2) is 4.88 Å². The molecule has 33 heavy (non-hydrogen) atoms. The van der Waals surface area contributed by atoms with Crippen LogP contribution in [0, 0.1) is 12.7 Å². The molecule has 0 saturated carbocycles. The van der Waals surface area contributed by atoms with E-state index in [2.05, 4.69) is 15.3 Å². The van der Waals surface area contributed by atoms with Crippen molar-refractivity contribution in [1.29, 1.82) is 0 Å². The van der Waals surface area contributed by atoms with Crippen LogP contribution in [0.25, 0.3) is 21.5 Å². The van der Waals surface area contributed by atoms with Gasteiger partial charge in [0.2, 0.25) is 0 Å². The zero-order valence-electron chi connectivity index (χ0n) is 17.7. The Kier molecular flexibility index (Phi) is 6.73. The van der Waals surface area contributed by atoms with Crippen LogP contribution in [0.5, 0.6) is 5.75 Å². The first-order valence-electron chi connectivity index (χ1n) is 9.99. The number of halogens is 3. The highest BCUT2D eigenvalue weighted by Crippen LogP contribution is 2.37. The van der Waals surface area contributed by atoms with E-state index in [4.69, 9.17) is 27.9 Å². The van der Waals surface area contributed by atoms with E-state index in [0.29, 0.717) is 52.7 Å². The molecule has 3 aromatic heterocycles. The van der Waals surface area contributed by atoms with E-state index >= 15 is 0 Å². The maximum atomic E-state index is 13.9. The van der Waals surface area contributed by atoms with Gasteiger partial charge in [-0.1, -0.05) is 23.2 Å². The zero-order valence-corrected chi connectivity index (χ0v) is 20.0. The summed E-state index contributed by atoms with van der Waals surface area (Å²) in [6, 6.07) is 6.65. The number of anilines is 1. The minimum Gasteiger partial charge on any atom is -0.492 e. The highest BCUT2D eigenvalue weighted by molar-refractivity contribution is 7.17. The van der Waals surface area contributed by atoms with Crippen molar-refractivity contribution in [2.75, 3.05) is 18.5 Å². The Labute approximate surface area is 202 Å². The number of thiophene rings is 1. The molecule has 1 aromatic carbocycles. The topological polar surface area (TPSA) is 89.3 Å². The lowest BCUT2D eigenvalue weighted by molar-refractivity contribution is 0.0698. The van der Waals surface area contributed by atoms with Crippen LogP contribution >= 0.6 is 34.5 Å². The number of carbonyl (C=O) groups is 1. The molecule has 0 saturated heterocycles. The molecule has 11 heteroatoms. The van der Waals surface area contributed by atoms with E-state index in [1.807, 2.05) is 17.6 Å². The van der Waals surface area contributed by atoms with Gasteiger partial charge in [-0.15, -0.1) is 11.3 Å². The number of carboxylic acid groups (broad SMARTS) is 1. The third kappa shape index (κ3) is 4.62. The van der Waals surface area contributed by atoms with E-state index < -0.39 is 11.8 Å². The molecular formula is C22H19Cl2FN4O3S. The lowest BCUT2D eigenvalue weighted by atomic mass is 10.2. The van der Waals surface area contributed by atoms with Gasteiger partial charge in [0, 0.05) is 36.3 Å². The predicted molar refractivity (Wildman–Crippen MR) is 129 cm³/mol. The summed E-state index contributed by atoms with van der Waals surface area (Å²) >= 11 is 13.4. The Balaban J connectivity index is 1.53. The van der Waals surface area contributed by atoms with Gasteiger partial charge >= 0.3 is 5.97 Å². The molecule has 0 aliphatic carbocycles. The molecule has 0 amide bonds. The minimum absolute atomic E-state index is 0.0972. The average Bonchev–Trinajstić information content (AvgIpc) is 3.34. The van der Waals surface area contributed by atoms with Gasteiger partial charge in [-0.05, 0) is 26.0 Å². The third-order valence-electron chi connectivity index (χ3n) is 4.98. The van der Waals surface area contributed by atoms with Crippen LogP contribution in [0.4, 0.5) is 10.2 Å². The average molecular weight is 509 g/mol. The van der Waals surface area contributed by atoms with Crippen LogP contribution in [0.2, 0.25) is 10.0 Å². The Morgan fingerprint density at radius 3 is 2.76 bits per heavy atom. The van der Waals surface area contributed by atoms with Crippen molar-refractivity contribution < 1.29 is 19.0 Å². The molecular weight excluding hydrogens is 490 g/mol. The van der Waals surface area contributed by atoms with E-state index in [0.717, 1.165) is 17.0 Å². The van der Waals surface area contributed by atoms with Gasteiger partial charge in [0.05, 0.1) is 32.7 Å². The summed E-state index contributed by atoms with van der Waals surface area (Å²) in [6.45, 7) is 5.11. The first-order valence-corrected chi connectivity index (χ1v) is 11.6. The van der Waals surface area contributed by atoms with Crippen molar-refractivity contribution in [1.82, 2.24) is 14.5 Å². The molecule has 7 nitrogen and oxygen atoms in total. The van der Waals surface area contributed by atoms with Crippen LogP contribution in [-0.2, 0) is 6.54 Å². The number of aryl methyl sites for hydroxylation is 1. The Morgan fingerprint density at radius 2 is 2.03 bits per heavy atom. The number of hydrogen-bond donors (Lipinski definition) is 2. The summed E-state index contributed by atoms with van der Waals surface area (Å²) in [6.07, 6.45) is 1.41. The van der Waals surface area contributed by atoms with Gasteiger partial charge in [-0.2, -0.15) is 0 Å². The fourth-order valence-electron chi connectivity index (χ4n) is 3.55. The number of carboxylic acids is 1. The molecule has 0 fully saturated rings. The highest BCUT2D eigenvalue weighted by Gasteiger charge is 2.19. The molecule has 0 spiro atoms. The second-order valence-electron chi connectivity index (χ2n) is 7.12. The number of benzene rings is 1. The molecule has 0 aliphatic rings. The van der Waals surface area contributed by atoms with E-state index in [1.165, 1.54) is 12.4 Å². The third-order valence-corrected chi connectivity index (χ3v) is 6.94. The van der Waals surface area contributed by atoms with Gasteiger partial charge in [-0.25, -0.2) is 19.2 Å². The fourth-order valence-corrected chi connectivity index (χ4v) is 4.91. The van der Waals surface area contributed by atoms with Crippen LogP contribution in [-0.4, -0.2) is 38.8 Å². The van der Waals surface area contributed by atoms with Gasteiger partial charge < -0.3 is 19.7 Å². The quantitative estimate of drug-likeness (QED) is 0.278. The van der Waals surface area contributed by atoms with Crippen molar-refractivity contribution >= 4 is 57.2 Å². The molecule has 0 unspecified atom stereocenters. The molecule has 4 rings (SSSR count). The fraction of sp³-hybridized carbons (Fsp3) is 0.227. The SMILES string of the molecule is CCOc1cc(-c2cc(NCCn3c(C)cc4cc(F)c(Cl)c(Cl)c43)ncn2)sc1C(=O)O. The predicted octanol–water partition coefficient (Wildman–Crippen LogP) is 6.12. The Bertz CT molecular complexity index is 1360. The number of hydrogen-bond acceptors (Lipinski definition) is 6. The highest BCUT2D eigenvalue weighted by atomic mass is 35.5. The Morgan fingerprint density at radius 1 is 1.24 bits per heavy atom. The number of fused-ring (bicyclic) bond motifs is 1. The molecule has 3 heterocycles. The number of nitrogens with one attached hydrogen (secondary N) is 1. The van der Waals surface area contributed by atoms with Gasteiger partial charge in [-0.3, -0.25) is 0 Å². The summed E-state index contributed by atoms with van der Waals surface area (Å²) < 4.78 is 21.3. The van der Waals surface area contributed by atoms with Crippen molar-refractivity contribution in [2.45, 2.75) is 20.4 Å². The first kappa shape index (κ1) is 23.3. The van der Waals surface area contributed by atoms with Crippen molar-refractivity contribution in [3.05, 3.63) is 57.0 Å². The van der Waals surface area contributed by atoms with Crippen molar-refractivity contribution in [3.63, 3.8) is 0 Å². The summed E-state index contributed by atoms with van der Waals surface area (Å²) in [5.41, 5.74) is 2.18. The number of aromatic carboxylic acids is 1. The molecule has 0 aliphatic heterocycles. The molecule has 4 aromatic rings. The van der Waals surface area contributed by atoms with Crippen LogP contribution in [0.15, 0.2) is 30.6 Å². The summed E-state index contributed by atoms with van der Waals surface area (Å²) in [5, 5.41) is 13.4. The number of aromatic nitrogens is 3. The van der Waals surface area contributed by atoms with Gasteiger partial charge in [0.25, 0.3) is 0 Å². The monoisotopic (exact) mass is 508 g/mol. The summed E-state index contributed by atoms with van der Waals surface area (Å²) in [4.78, 5) is 20.8. The molecule has 0 bridgehead atoms. The smallest absolute Gasteiger partial charge is 0.349 e. The molecule has 0 atom stereocenters. The van der Waals surface area contributed by atoms with Crippen LogP contribution in [0.3, 0.4) is 0 Å². The Hall–Kier alpha value is -2.88. The van der Waals surface area contributed by atoms with E-state index in [-0.39, 0.29) is 14.9 Å². The molecule has 2 N–H and O–H groups in total. The van der Waals surface area contributed by atoms with Crippen molar-refractivity contribution in [2.24, 2.45) is 0 Å². The summed E-state index contributed by atoms with van der Waals surface area (Å²) in [5.74, 6) is -0.701. The standard InChI is InChI=1S/C22H19Cl2FN4O3S/c1-3-32-15-9-16(33-21(15)22(30)31)14-8-17(28-10-27-14)26-4-5-29-11(2)6-12-7-13(25)18(23)19(24)20(12)29/h6-10H,3-5H2,1-2H3,(H,30,31)(H,26,27,28). The largest absolute Gasteiger partial charge is 0.492 e. The second-order valence-corrected chi connectivity index (χ2v) is 8.93. The second kappa shape index (κ2) is 9.54. The summed E-state index contributed by atoms with van der Waals surface area (Å²) in [7, 11) is 0. The number of rotatable bonds is 8. The maximum absolute atomic E-state index is 13.9. The maximum Gasteiger partial charge on any atom is 0.349 e. The lowest BCUT2D eigenvalue weighted by Crippen LogP contribution is -2.12. The van der Waals surface area contributed by atoms with Crippen LogP contribution in [0.1, 0.15) is 22.3 Å². The van der Waals surface area contributed by atoms with Crippen molar-refractivity contribution in [3.8, 4) is 16.3 Å². The van der Waals surface area contributed by atoms with Gasteiger partial charge in [0.1, 0.15) is 23.7 Å².